The van der Waals surface area contributed by atoms with Crippen molar-refractivity contribution in [2.24, 2.45) is 0 Å². The Labute approximate surface area is 76.7 Å². The predicted molar refractivity (Wildman–Crippen MR) is 48.2 cm³/mol. The lowest BCUT2D eigenvalue weighted by Gasteiger charge is -2.05. The largest absolute Gasteiger partial charge is 0.508 e. The zero-order valence-corrected chi connectivity index (χ0v) is 7.45. The summed E-state index contributed by atoms with van der Waals surface area (Å²) in [5.74, 6) is 0.116. The van der Waals surface area contributed by atoms with Crippen molar-refractivity contribution in [3.63, 3.8) is 0 Å². The molecule has 0 saturated carbocycles. The highest BCUT2D eigenvalue weighted by molar-refractivity contribution is 5.38. The molecule has 0 bridgehead atoms. The van der Waals surface area contributed by atoms with E-state index < -0.39 is 0 Å². The van der Waals surface area contributed by atoms with Crippen LogP contribution in [0.4, 0.5) is 0 Å². The fourth-order valence-corrected chi connectivity index (χ4v) is 0.933. The van der Waals surface area contributed by atoms with Gasteiger partial charge in [0.25, 0.3) is 0 Å². The Morgan fingerprint density at radius 3 is 2.77 bits per heavy atom. The van der Waals surface area contributed by atoms with Crippen LogP contribution in [0.2, 0.25) is 0 Å². The van der Waals surface area contributed by atoms with Gasteiger partial charge >= 0.3 is 0 Å². The molecule has 4 nitrogen and oxygen atoms in total. The van der Waals surface area contributed by atoms with E-state index in [1.807, 2.05) is 6.92 Å². The van der Waals surface area contributed by atoms with Gasteiger partial charge in [-0.05, 0) is 13.0 Å². The summed E-state index contributed by atoms with van der Waals surface area (Å²) < 4.78 is 0. The Kier molecular flexibility index (Phi) is 3.54. The third-order valence-electron chi connectivity index (χ3n) is 1.58. The third kappa shape index (κ3) is 2.93. The fraction of sp³-hybridized carbons (Fsp3) is 0.333. The van der Waals surface area contributed by atoms with Gasteiger partial charge in [0.2, 0.25) is 0 Å². The van der Waals surface area contributed by atoms with Crippen molar-refractivity contribution in [3.8, 4) is 11.5 Å². The van der Waals surface area contributed by atoms with E-state index >= 15 is 0 Å². The van der Waals surface area contributed by atoms with Gasteiger partial charge in [0.1, 0.15) is 11.5 Å². The average molecular weight is 183 g/mol. The Morgan fingerprint density at radius 1 is 1.38 bits per heavy atom. The summed E-state index contributed by atoms with van der Waals surface area (Å²) in [6.45, 7) is 2.85. The van der Waals surface area contributed by atoms with Gasteiger partial charge < -0.3 is 15.1 Å². The Bertz CT molecular complexity index is 276. The highest BCUT2D eigenvalue weighted by Gasteiger charge is 2.00. The minimum absolute atomic E-state index is 0.0534. The smallest absolute Gasteiger partial charge is 0.123 e. The molecule has 0 unspecified atom stereocenters. The molecule has 13 heavy (non-hydrogen) atoms. The maximum absolute atomic E-state index is 9.34. The second kappa shape index (κ2) is 4.69. The molecule has 0 atom stereocenters. The van der Waals surface area contributed by atoms with E-state index in [9.17, 15) is 5.11 Å². The predicted octanol–water partition coefficient (Wildman–Crippen LogP) is 1.14. The van der Waals surface area contributed by atoms with E-state index in [1.54, 1.807) is 6.07 Å². The molecule has 1 aromatic rings. The summed E-state index contributed by atoms with van der Waals surface area (Å²) in [7, 11) is 0. The molecule has 0 amide bonds. The first-order valence-electron chi connectivity index (χ1n) is 4.09. The van der Waals surface area contributed by atoms with Crippen molar-refractivity contribution >= 4 is 0 Å². The summed E-state index contributed by atoms with van der Waals surface area (Å²) >= 11 is 0. The number of nitrogens with one attached hydrogen (secondary N) is 1. The Balaban J connectivity index is 2.56. The highest BCUT2D eigenvalue weighted by atomic mass is 16.6. The van der Waals surface area contributed by atoms with Crippen LogP contribution in [0.25, 0.3) is 0 Å². The molecule has 0 heterocycles. The SMILES string of the molecule is CCONCc1ccc(O)cc1O. The van der Waals surface area contributed by atoms with Crippen LogP contribution >= 0.6 is 0 Å². The standard InChI is InChI=1S/C9H13NO3/c1-2-13-10-6-7-3-4-8(11)5-9(7)12/h3-5,10-12H,2,6H2,1H3. The molecule has 0 aromatic heterocycles. The summed E-state index contributed by atoms with van der Waals surface area (Å²) in [6, 6.07) is 4.45. The van der Waals surface area contributed by atoms with Crippen LogP contribution in [0.1, 0.15) is 12.5 Å². The number of hydroxylamine groups is 1. The number of phenols is 2. The molecular formula is C9H13NO3. The van der Waals surface area contributed by atoms with Crippen molar-refractivity contribution in [2.75, 3.05) is 6.61 Å². The lowest BCUT2D eigenvalue weighted by atomic mass is 10.2. The lowest BCUT2D eigenvalue weighted by Crippen LogP contribution is -2.13. The second-order valence-corrected chi connectivity index (χ2v) is 2.57. The molecule has 1 rings (SSSR count). The normalized spacial score (nSPS) is 10.2. The van der Waals surface area contributed by atoms with Gasteiger partial charge in [-0.25, -0.2) is 0 Å². The van der Waals surface area contributed by atoms with Gasteiger partial charge in [-0.1, -0.05) is 6.07 Å². The van der Waals surface area contributed by atoms with Crippen molar-refractivity contribution in [1.29, 1.82) is 0 Å². The number of hydrogen-bond acceptors (Lipinski definition) is 4. The monoisotopic (exact) mass is 183 g/mol. The lowest BCUT2D eigenvalue weighted by molar-refractivity contribution is 0.0459. The van der Waals surface area contributed by atoms with E-state index in [0.717, 1.165) is 0 Å². The summed E-state index contributed by atoms with van der Waals surface area (Å²) in [5.41, 5.74) is 3.36. The maximum atomic E-state index is 9.34. The molecule has 4 heteroatoms. The molecule has 0 fully saturated rings. The quantitative estimate of drug-likeness (QED) is 0.484. The fourth-order valence-electron chi connectivity index (χ4n) is 0.933. The molecule has 0 radical (unpaired) electrons. The Morgan fingerprint density at radius 2 is 2.15 bits per heavy atom. The van der Waals surface area contributed by atoms with Gasteiger partial charge in [0.15, 0.2) is 0 Å². The minimum Gasteiger partial charge on any atom is -0.508 e. The zero-order chi connectivity index (χ0) is 9.68. The summed E-state index contributed by atoms with van der Waals surface area (Å²) in [5, 5.41) is 18.3. The highest BCUT2D eigenvalue weighted by Crippen LogP contribution is 2.21. The van der Waals surface area contributed by atoms with E-state index in [-0.39, 0.29) is 11.5 Å². The van der Waals surface area contributed by atoms with Crippen LogP contribution in [-0.2, 0) is 11.4 Å². The Hall–Kier alpha value is -1.26. The van der Waals surface area contributed by atoms with Crippen LogP contribution in [0.5, 0.6) is 11.5 Å². The van der Waals surface area contributed by atoms with Crippen LogP contribution in [0.3, 0.4) is 0 Å². The van der Waals surface area contributed by atoms with Gasteiger partial charge in [0.05, 0.1) is 6.61 Å². The van der Waals surface area contributed by atoms with E-state index in [2.05, 4.69) is 5.48 Å². The molecule has 0 aliphatic heterocycles. The molecule has 3 N–H and O–H groups in total. The van der Waals surface area contributed by atoms with Crippen molar-refractivity contribution in [1.82, 2.24) is 5.48 Å². The molecule has 0 aliphatic carbocycles. The average Bonchev–Trinajstić information content (AvgIpc) is 2.09. The van der Waals surface area contributed by atoms with E-state index in [0.29, 0.717) is 18.7 Å². The molecule has 0 aliphatic rings. The van der Waals surface area contributed by atoms with Crippen LogP contribution in [-0.4, -0.2) is 16.8 Å². The van der Waals surface area contributed by atoms with Gasteiger partial charge in [-0.3, -0.25) is 0 Å². The number of rotatable bonds is 4. The number of hydrogen-bond donors (Lipinski definition) is 3. The van der Waals surface area contributed by atoms with Crippen molar-refractivity contribution in [3.05, 3.63) is 23.8 Å². The van der Waals surface area contributed by atoms with E-state index in [4.69, 9.17) is 9.94 Å². The first kappa shape index (κ1) is 9.83. The van der Waals surface area contributed by atoms with Crippen LogP contribution < -0.4 is 5.48 Å². The molecule has 72 valence electrons. The topological polar surface area (TPSA) is 61.7 Å². The molecule has 0 saturated heterocycles. The van der Waals surface area contributed by atoms with Crippen molar-refractivity contribution < 1.29 is 15.1 Å². The van der Waals surface area contributed by atoms with Crippen LogP contribution in [0, 0.1) is 0 Å². The number of aromatic hydroxyl groups is 2. The van der Waals surface area contributed by atoms with E-state index in [1.165, 1.54) is 12.1 Å². The van der Waals surface area contributed by atoms with Gasteiger partial charge in [0, 0.05) is 18.2 Å². The second-order valence-electron chi connectivity index (χ2n) is 2.57. The number of phenolic OH excluding ortho intramolecular Hbond substituents is 2. The molecular weight excluding hydrogens is 170 g/mol. The molecule has 0 spiro atoms. The first-order chi connectivity index (χ1) is 6.24. The zero-order valence-electron chi connectivity index (χ0n) is 7.45. The molecule has 1 aromatic carbocycles. The maximum Gasteiger partial charge on any atom is 0.123 e. The number of benzene rings is 1. The first-order valence-corrected chi connectivity index (χ1v) is 4.09. The third-order valence-corrected chi connectivity index (χ3v) is 1.58. The van der Waals surface area contributed by atoms with Gasteiger partial charge in [-0.15, -0.1) is 0 Å². The minimum atomic E-state index is 0.0534. The van der Waals surface area contributed by atoms with Gasteiger partial charge in [-0.2, -0.15) is 5.48 Å². The van der Waals surface area contributed by atoms with Crippen LogP contribution in [0.15, 0.2) is 18.2 Å². The van der Waals surface area contributed by atoms with Crippen molar-refractivity contribution in [2.45, 2.75) is 13.5 Å². The summed E-state index contributed by atoms with van der Waals surface area (Å²) in [4.78, 5) is 4.90. The summed E-state index contributed by atoms with van der Waals surface area (Å²) in [6.07, 6.45) is 0.